The van der Waals surface area contributed by atoms with Gasteiger partial charge in [-0.15, -0.1) is 0 Å². The Morgan fingerprint density at radius 3 is 2.35 bits per heavy atom. The fourth-order valence-electron chi connectivity index (χ4n) is 8.91. The third-order valence-corrected chi connectivity index (χ3v) is 13.5. The summed E-state index contributed by atoms with van der Waals surface area (Å²) in [4.78, 5) is 97.8. The number of hydrogen-bond acceptors (Lipinski definition) is 16. The minimum absolute atomic E-state index is 0.0147. The second-order valence-electron chi connectivity index (χ2n) is 18.5. The number of aromatic nitrogens is 2. The van der Waals surface area contributed by atoms with Crippen molar-refractivity contribution < 1.29 is 73.2 Å². The summed E-state index contributed by atoms with van der Waals surface area (Å²) >= 11 is 3.05. The lowest BCUT2D eigenvalue weighted by atomic mass is 9.86. The normalized spacial score (nSPS) is 22.0. The monoisotopic (exact) mass is 1060 g/mol. The van der Waals surface area contributed by atoms with E-state index in [0.717, 1.165) is 16.5 Å². The molecule has 0 saturated carbocycles. The Morgan fingerprint density at radius 1 is 0.958 bits per heavy atom. The van der Waals surface area contributed by atoms with Gasteiger partial charge in [0, 0.05) is 29.1 Å². The molecule has 386 valence electrons. The van der Waals surface area contributed by atoms with Crippen molar-refractivity contribution >= 4 is 68.3 Å². The minimum Gasteiger partial charge on any atom is -0.479 e. The van der Waals surface area contributed by atoms with Gasteiger partial charge in [-0.3, -0.25) is 19.2 Å². The molecule has 1 saturated heterocycles. The summed E-state index contributed by atoms with van der Waals surface area (Å²) in [5.74, 6) is -4.95. The number of esters is 1. The van der Waals surface area contributed by atoms with E-state index in [2.05, 4.69) is 31.9 Å². The van der Waals surface area contributed by atoms with Crippen LogP contribution in [0.1, 0.15) is 75.8 Å². The third-order valence-electron chi connectivity index (χ3n) is 13.0. The van der Waals surface area contributed by atoms with Gasteiger partial charge >= 0.3 is 18.0 Å². The summed E-state index contributed by atoms with van der Waals surface area (Å²) in [6.45, 7) is 9.65. The number of ether oxygens (including phenoxy) is 4. The van der Waals surface area contributed by atoms with Crippen molar-refractivity contribution in [2.24, 2.45) is 5.92 Å². The molecule has 2 aromatic carbocycles. The van der Waals surface area contributed by atoms with Crippen LogP contribution < -0.4 is 26.2 Å². The maximum absolute atomic E-state index is 14.0. The Kier molecular flexibility index (Phi) is 16.1. The van der Waals surface area contributed by atoms with Crippen LogP contribution in [0.15, 0.2) is 53.3 Å². The minimum atomic E-state index is -2.03. The number of cyclic esters (lactones) is 1. The number of amides is 4. The summed E-state index contributed by atoms with van der Waals surface area (Å²) in [6, 6.07) is 10.6. The number of nitrogens with one attached hydrogen (secondary N) is 3. The standard InChI is InChI=1S/C49H57BrN6O16/c1-7-49(68)30-17-33-37-28(19-56(33)44(63)29(30)21-69-47(49)66)26(27-10-8-9-11-31(27)52-37)14-15-55(23(4)5)48(67)70-20-25-12-13-32(34(16-25)71-46-40(60)38(58)39(59)41(72-46)45(64)65)53-42(61)24(6)51-43(62)36(22(2)3)54-35(57)18-50/h8-13,16-17,22-24,36,38-41,46,58-60,68H,7,14-15,18-21H2,1-6H3,(H,51,62)(H,53,61)(H,54,57)(H,64,65)/t24-,36-,38-,39-,40+,41-,46+,49-/m0/s1. The molecule has 23 heteroatoms. The van der Waals surface area contributed by atoms with Gasteiger partial charge in [0.2, 0.25) is 24.0 Å². The first-order chi connectivity index (χ1) is 34.1. The average molecular weight is 1070 g/mol. The molecule has 0 radical (unpaired) electrons. The number of para-hydroxylation sites is 1. The van der Waals surface area contributed by atoms with Crippen molar-refractivity contribution in [3.8, 4) is 17.1 Å². The number of carbonyl (C=O) groups is 6. The van der Waals surface area contributed by atoms with Crippen LogP contribution >= 0.6 is 15.9 Å². The van der Waals surface area contributed by atoms with Crippen LogP contribution in [0, 0.1) is 5.92 Å². The van der Waals surface area contributed by atoms with Crippen molar-refractivity contribution in [3.05, 3.63) is 86.7 Å². The molecule has 8 atom stereocenters. The molecule has 22 nitrogen and oxygen atoms in total. The Labute approximate surface area is 420 Å². The van der Waals surface area contributed by atoms with Gasteiger partial charge < -0.3 is 69.9 Å². The second kappa shape index (κ2) is 21.7. The highest BCUT2D eigenvalue weighted by Crippen LogP contribution is 2.41. The lowest BCUT2D eigenvalue weighted by Crippen LogP contribution is -2.61. The number of carboxylic acid groups (broad SMARTS) is 1. The lowest BCUT2D eigenvalue weighted by molar-refractivity contribution is -0.271. The summed E-state index contributed by atoms with van der Waals surface area (Å²) in [5, 5.41) is 61.1. The fourth-order valence-corrected chi connectivity index (χ4v) is 9.07. The number of benzene rings is 2. The zero-order valence-corrected chi connectivity index (χ0v) is 41.8. The number of aliphatic hydroxyl groups is 4. The Morgan fingerprint density at radius 2 is 1.68 bits per heavy atom. The second-order valence-corrected chi connectivity index (χ2v) is 19.0. The largest absolute Gasteiger partial charge is 0.479 e. The van der Waals surface area contributed by atoms with Gasteiger partial charge in [0.1, 0.15) is 49.4 Å². The number of anilines is 1. The van der Waals surface area contributed by atoms with E-state index in [-0.39, 0.29) is 78.5 Å². The number of pyridine rings is 2. The Hall–Kier alpha value is -6.50. The highest BCUT2D eigenvalue weighted by atomic mass is 79.9. The zero-order chi connectivity index (χ0) is 52.5. The van der Waals surface area contributed by atoms with Gasteiger partial charge in [0.25, 0.3) is 5.56 Å². The van der Waals surface area contributed by atoms with Crippen LogP contribution in [0.4, 0.5) is 10.5 Å². The summed E-state index contributed by atoms with van der Waals surface area (Å²) in [5.41, 5.74) is 1.25. The number of rotatable bonds is 17. The summed E-state index contributed by atoms with van der Waals surface area (Å²) in [7, 11) is 0. The fraction of sp³-hybridized carbons (Fsp3) is 0.469. The number of fused-ring (bicyclic) bond motifs is 5. The van der Waals surface area contributed by atoms with Crippen molar-refractivity contribution in [1.82, 2.24) is 25.1 Å². The Bertz CT molecular complexity index is 2860. The van der Waals surface area contributed by atoms with Gasteiger partial charge in [-0.25, -0.2) is 19.4 Å². The predicted molar refractivity (Wildman–Crippen MR) is 258 cm³/mol. The smallest absolute Gasteiger partial charge is 0.410 e. The van der Waals surface area contributed by atoms with E-state index in [9.17, 15) is 59.1 Å². The van der Waals surface area contributed by atoms with E-state index < -0.39 is 95.7 Å². The molecule has 7 rings (SSSR count). The van der Waals surface area contributed by atoms with E-state index >= 15 is 0 Å². The average Bonchev–Trinajstić information content (AvgIpc) is 3.72. The maximum Gasteiger partial charge on any atom is 0.410 e. The number of alkyl halides is 1. The molecule has 72 heavy (non-hydrogen) atoms. The summed E-state index contributed by atoms with van der Waals surface area (Å²) in [6.07, 6.45) is -10.4. The molecule has 0 unspecified atom stereocenters. The van der Waals surface area contributed by atoms with E-state index in [1.54, 1.807) is 45.3 Å². The van der Waals surface area contributed by atoms with Gasteiger partial charge in [-0.05, 0) is 74.9 Å². The molecule has 8 N–H and O–H groups in total. The van der Waals surface area contributed by atoms with Crippen molar-refractivity contribution in [2.45, 2.75) is 129 Å². The van der Waals surface area contributed by atoms with Gasteiger partial charge in [0.05, 0.1) is 40.0 Å². The molecular formula is C49H57BrN6O16. The van der Waals surface area contributed by atoms with Crippen LogP contribution in [-0.4, -0.2) is 136 Å². The highest BCUT2D eigenvalue weighted by Gasteiger charge is 2.49. The molecule has 2 aromatic heterocycles. The molecule has 3 aliphatic rings. The number of carbonyl (C=O) groups excluding carboxylic acids is 5. The molecular weight excluding hydrogens is 1010 g/mol. The lowest BCUT2D eigenvalue weighted by Gasteiger charge is -2.38. The SMILES string of the molecule is CC[C@@]1(O)C(=O)OCc2c1cc1n(c2=O)Cc2c-1nc1ccccc1c2CCN(C(=O)OCc1ccc(NC(=O)[C@H](C)NC(=O)[C@@H](NC(=O)CBr)C(C)C)c(O[C@@H]2O[C@H](C(=O)O)[C@@H](O)[C@H](O)[C@H]2O)c1)C(C)C. The number of halogens is 1. The number of carboxylic acids is 1. The number of nitrogens with zero attached hydrogens (tertiary/aromatic N) is 3. The van der Waals surface area contributed by atoms with Crippen LogP contribution in [0.25, 0.3) is 22.3 Å². The van der Waals surface area contributed by atoms with E-state index in [1.165, 1.54) is 30.0 Å². The van der Waals surface area contributed by atoms with Gasteiger partial charge in [-0.2, -0.15) is 0 Å². The van der Waals surface area contributed by atoms with Gasteiger partial charge in [0.15, 0.2) is 11.7 Å². The number of hydrogen-bond donors (Lipinski definition) is 8. The molecule has 1 fully saturated rings. The predicted octanol–water partition coefficient (Wildman–Crippen LogP) is 1.92. The van der Waals surface area contributed by atoms with Crippen molar-refractivity contribution in [3.63, 3.8) is 0 Å². The quantitative estimate of drug-likeness (QED) is 0.0487. The molecule has 0 aliphatic carbocycles. The highest BCUT2D eigenvalue weighted by molar-refractivity contribution is 9.09. The molecule has 4 aromatic rings. The molecule has 4 amide bonds. The van der Waals surface area contributed by atoms with E-state index in [0.29, 0.717) is 16.9 Å². The van der Waals surface area contributed by atoms with E-state index in [4.69, 9.17) is 23.9 Å². The van der Waals surface area contributed by atoms with E-state index in [1.807, 2.05) is 24.3 Å². The third kappa shape index (κ3) is 10.5. The van der Waals surface area contributed by atoms with Gasteiger partial charge in [-0.1, -0.05) is 61.0 Å². The van der Waals surface area contributed by atoms with Crippen molar-refractivity contribution in [2.75, 3.05) is 17.2 Å². The first-order valence-corrected chi connectivity index (χ1v) is 24.4. The molecule has 5 heterocycles. The summed E-state index contributed by atoms with van der Waals surface area (Å²) < 4.78 is 23.8. The number of aliphatic carboxylic acids is 1. The zero-order valence-electron chi connectivity index (χ0n) is 40.2. The first kappa shape index (κ1) is 53.3. The number of aliphatic hydroxyl groups excluding tert-OH is 3. The first-order valence-electron chi connectivity index (χ1n) is 23.3. The molecule has 0 bridgehead atoms. The van der Waals surface area contributed by atoms with Crippen LogP contribution in [-0.2, 0) is 70.0 Å². The molecule has 0 spiro atoms. The maximum atomic E-state index is 14.0. The van der Waals surface area contributed by atoms with Crippen LogP contribution in [0.2, 0.25) is 0 Å². The van der Waals surface area contributed by atoms with Crippen molar-refractivity contribution in [1.29, 1.82) is 0 Å². The molecule has 3 aliphatic heterocycles. The van der Waals surface area contributed by atoms with Crippen LogP contribution in [0.5, 0.6) is 5.75 Å². The topological polar surface area (TPSA) is 315 Å². The Balaban J connectivity index is 1.12. The van der Waals surface area contributed by atoms with Crippen LogP contribution in [0.3, 0.4) is 0 Å².